The van der Waals surface area contributed by atoms with E-state index in [1.54, 1.807) is 42.5 Å². The zero-order chi connectivity index (χ0) is 19.0. The molecule has 0 fully saturated rings. The maximum absolute atomic E-state index is 13.9. The van der Waals surface area contributed by atoms with E-state index in [1.165, 1.54) is 12.1 Å². The van der Waals surface area contributed by atoms with E-state index >= 15 is 0 Å². The maximum atomic E-state index is 13.9. The Balaban J connectivity index is 1.75. The Morgan fingerprint density at radius 1 is 0.926 bits per heavy atom. The number of H-pyrrole nitrogens is 2. The molecule has 0 atom stereocenters. The average Bonchev–Trinajstić information content (AvgIpc) is 2.62. The van der Waals surface area contributed by atoms with Crippen LogP contribution in [0.25, 0.3) is 22.2 Å². The number of aromatic nitrogens is 2. The molecule has 134 valence electrons. The highest BCUT2D eigenvalue weighted by Gasteiger charge is 2.12. The number of nitrogens with one attached hydrogen (secondary N) is 2. The van der Waals surface area contributed by atoms with Gasteiger partial charge in [0.05, 0.1) is 0 Å². The van der Waals surface area contributed by atoms with Crippen LogP contribution in [-0.4, -0.2) is 9.97 Å². The van der Waals surface area contributed by atoms with Gasteiger partial charge >= 0.3 is 11.3 Å². The van der Waals surface area contributed by atoms with E-state index in [1.807, 2.05) is 0 Å². The molecule has 4 aromatic rings. The lowest BCUT2D eigenvalue weighted by Gasteiger charge is -2.07. The van der Waals surface area contributed by atoms with Crippen molar-refractivity contribution in [3.05, 3.63) is 103 Å². The van der Waals surface area contributed by atoms with Crippen molar-refractivity contribution in [1.29, 1.82) is 0 Å². The Hall–Kier alpha value is -3.74. The van der Waals surface area contributed by atoms with E-state index in [0.29, 0.717) is 11.1 Å². The number of hydrogen-bond acceptors (Lipinski definition) is 4. The van der Waals surface area contributed by atoms with E-state index in [0.717, 1.165) is 11.1 Å². The van der Waals surface area contributed by atoms with Crippen molar-refractivity contribution < 1.29 is 8.81 Å². The first-order valence-corrected chi connectivity index (χ1v) is 8.14. The summed E-state index contributed by atoms with van der Waals surface area (Å²) < 4.78 is 18.8. The topological polar surface area (TPSA) is 95.9 Å². The Bertz CT molecular complexity index is 1310. The molecule has 0 aliphatic carbocycles. The summed E-state index contributed by atoms with van der Waals surface area (Å²) in [5, 5.41) is 0.118. The quantitative estimate of drug-likeness (QED) is 0.584. The fourth-order valence-corrected chi connectivity index (χ4v) is 3.04. The van der Waals surface area contributed by atoms with E-state index in [-0.39, 0.29) is 23.3 Å². The molecule has 0 spiro atoms. The summed E-state index contributed by atoms with van der Waals surface area (Å²) >= 11 is 0. The normalized spacial score (nSPS) is 11.0. The minimum atomic E-state index is -0.748. The third kappa shape index (κ3) is 3.22. The van der Waals surface area contributed by atoms with Gasteiger partial charge in [-0.3, -0.25) is 14.8 Å². The highest BCUT2D eigenvalue weighted by molar-refractivity contribution is 5.75. The van der Waals surface area contributed by atoms with Gasteiger partial charge in [0.15, 0.2) is 0 Å². The Morgan fingerprint density at radius 3 is 2.41 bits per heavy atom. The summed E-state index contributed by atoms with van der Waals surface area (Å²) in [7, 11) is 0. The van der Waals surface area contributed by atoms with Gasteiger partial charge in [-0.25, -0.2) is 14.0 Å². The first-order valence-electron chi connectivity index (χ1n) is 8.14. The number of aromatic amines is 2. The van der Waals surface area contributed by atoms with Crippen molar-refractivity contribution >= 4 is 11.1 Å². The minimum Gasteiger partial charge on any atom is -0.405 e. The second kappa shape index (κ2) is 6.53. The summed E-state index contributed by atoms with van der Waals surface area (Å²) in [6, 6.07) is 14.8. The first kappa shape index (κ1) is 16.7. The summed E-state index contributed by atoms with van der Waals surface area (Å²) in [5.41, 5.74) is 0.249. The van der Waals surface area contributed by atoms with Crippen LogP contribution < -0.4 is 16.9 Å². The molecular weight excluding hydrogens is 351 g/mol. The maximum Gasteiger partial charge on any atom is 0.337 e. The molecule has 0 aliphatic heterocycles. The van der Waals surface area contributed by atoms with Crippen LogP contribution in [-0.2, 0) is 6.42 Å². The monoisotopic (exact) mass is 364 g/mol. The van der Waals surface area contributed by atoms with Crippen LogP contribution in [0.3, 0.4) is 0 Å². The second-order valence-corrected chi connectivity index (χ2v) is 6.06. The van der Waals surface area contributed by atoms with Crippen LogP contribution >= 0.6 is 0 Å². The fourth-order valence-electron chi connectivity index (χ4n) is 3.04. The van der Waals surface area contributed by atoms with E-state index in [4.69, 9.17) is 4.42 Å². The SMILES string of the molecule is O=c1[nH]c(=O)c2c(Cc3ccc(-c4ccccc4F)cc3)cc(=O)oc2[nH]1. The predicted octanol–water partition coefficient (Wildman–Crippen LogP) is 2.57. The molecule has 0 bridgehead atoms. The van der Waals surface area contributed by atoms with Crippen molar-refractivity contribution in [2.24, 2.45) is 0 Å². The van der Waals surface area contributed by atoms with Crippen LogP contribution in [0.2, 0.25) is 0 Å². The molecule has 0 saturated heterocycles. The van der Waals surface area contributed by atoms with Gasteiger partial charge in [-0.05, 0) is 29.2 Å². The molecule has 0 unspecified atom stereocenters. The molecule has 0 aliphatic rings. The third-order valence-corrected chi connectivity index (χ3v) is 4.26. The molecule has 27 heavy (non-hydrogen) atoms. The van der Waals surface area contributed by atoms with Gasteiger partial charge in [0.2, 0.25) is 5.71 Å². The molecule has 0 radical (unpaired) electrons. The molecule has 0 saturated carbocycles. The van der Waals surface area contributed by atoms with Crippen LogP contribution in [0.15, 0.2) is 73.4 Å². The molecule has 0 amide bonds. The first-order chi connectivity index (χ1) is 13.0. The van der Waals surface area contributed by atoms with E-state index in [9.17, 15) is 18.8 Å². The smallest absolute Gasteiger partial charge is 0.337 e. The van der Waals surface area contributed by atoms with Gasteiger partial charge in [0, 0.05) is 11.6 Å². The standard InChI is InChI=1S/C20H13FN2O4/c21-15-4-2-1-3-14(15)12-7-5-11(6-8-12)9-13-10-16(24)27-19-17(13)18(25)22-20(26)23-19/h1-8,10H,9H2,(H2,22,23,25,26). The highest BCUT2D eigenvalue weighted by atomic mass is 19.1. The zero-order valence-electron chi connectivity index (χ0n) is 13.9. The highest BCUT2D eigenvalue weighted by Crippen LogP contribution is 2.24. The molecule has 6 nitrogen and oxygen atoms in total. The lowest BCUT2D eigenvalue weighted by molar-refractivity contribution is 0.545. The van der Waals surface area contributed by atoms with Crippen molar-refractivity contribution in [2.75, 3.05) is 0 Å². The van der Waals surface area contributed by atoms with Gasteiger partial charge < -0.3 is 4.42 Å². The second-order valence-electron chi connectivity index (χ2n) is 6.06. The molecular formula is C20H13FN2O4. The lowest BCUT2D eigenvalue weighted by atomic mass is 9.99. The zero-order valence-corrected chi connectivity index (χ0v) is 13.9. The number of rotatable bonds is 3. The summed E-state index contributed by atoms with van der Waals surface area (Å²) in [4.78, 5) is 39.7. The van der Waals surface area contributed by atoms with Gasteiger partial charge in [-0.15, -0.1) is 0 Å². The van der Waals surface area contributed by atoms with Crippen molar-refractivity contribution in [1.82, 2.24) is 9.97 Å². The molecule has 2 heterocycles. The molecule has 4 rings (SSSR count). The van der Waals surface area contributed by atoms with Gasteiger partial charge in [-0.2, -0.15) is 0 Å². The molecule has 2 aromatic carbocycles. The summed E-state index contributed by atoms with van der Waals surface area (Å²) in [6.07, 6.45) is 0.273. The van der Waals surface area contributed by atoms with E-state index in [2.05, 4.69) is 9.97 Å². The predicted molar refractivity (Wildman–Crippen MR) is 98.4 cm³/mol. The van der Waals surface area contributed by atoms with Crippen LogP contribution in [0.5, 0.6) is 0 Å². The van der Waals surface area contributed by atoms with E-state index < -0.39 is 16.9 Å². The number of halogens is 1. The Kier molecular flexibility index (Phi) is 4.04. The number of benzene rings is 2. The van der Waals surface area contributed by atoms with Crippen molar-refractivity contribution in [2.45, 2.75) is 6.42 Å². The van der Waals surface area contributed by atoms with Crippen molar-refractivity contribution in [3.63, 3.8) is 0 Å². The van der Waals surface area contributed by atoms with Crippen LogP contribution in [0.1, 0.15) is 11.1 Å². The number of fused-ring (bicyclic) bond motifs is 1. The van der Waals surface area contributed by atoms with Crippen LogP contribution in [0, 0.1) is 5.82 Å². The van der Waals surface area contributed by atoms with Gasteiger partial charge in [0.25, 0.3) is 5.56 Å². The molecule has 2 N–H and O–H groups in total. The molecule has 2 aromatic heterocycles. The summed E-state index contributed by atoms with van der Waals surface area (Å²) in [6.45, 7) is 0. The van der Waals surface area contributed by atoms with Crippen molar-refractivity contribution in [3.8, 4) is 11.1 Å². The Morgan fingerprint density at radius 2 is 1.67 bits per heavy atom. The third-order valence-electron chi connectivity index (χ3n) is 4.26. The fraction of sp³-hybridized carbons (Fsp3) is 0.0500. The minimum absolute atomic E-state index is 0.118. The lowest BCUT2D eigenvalue weighted by Crippen LogP contribution is -2.24. The number of hydrogen-bond donors (Lipinski definition) is 2. The van der Waals surface area contributed by atoms with Gasteiger partial charge in [-0.1, -0.05) is 42.5 Å². The largest absolute Gasteiger partial charge is 0.405 e. The Labute approximate surface area is 150 Å². The average molecular weight is 364 g/mol. The summed E-state index contributed by atoms with van der Waals surface area (Å²) in [5.74, 6) is -0.313. The van der Waals surface area contributed by atoms with Crippen LogP contribution in [0.4, 0.5) is 4.39 Å². The molecule has 7 heteroatoms. The van der Waals surface area contributed by atoms with Gasteiger partial charge in [0.1, 0.15) is 11.2 Å².